The maximum atomic E-state index is 3.21. The van der Waals surface area contributed by atoms with E-state index in [-0.39, 0.29) is 0 Å². The Morgan fingerprint density at radius 2 is 2.29 bits per heavy atom. The predicted octanol–water partition coefficient (Wildman–Crippen LogP) is 3.06. The topological polar surface area (TPSA) is 15.3 Å². The zero-order chi connectivity index (χ0) is 12.1. The largest absolute Gasteiger partial charge is 0.320 e. The minimum Gasteiger partial charge on any atom is -0.320 e. The molecule has 1 N–H and O–H groups in total. The summed E-state index contributed by atoms with van der Waals surface area (Å²) in [7, 11) is 2.03. The molecule has 0 spiro atoms. The molecule has 1 unspecified atom stereocenters. The molecule has 0 saturated heterocycles. The average molecular weight is 252 g/mol. The molecular weight excluding hydrogens is 228 g/mol. The molecular formula is C14H24N2S. The lowest BCUT2D eigenvalue weighted by molar-refractivity contribution is 0.196. The summed E-state index contributed by atoms with van der Waals surface area (Å²) in [6.07, 6.45) is 5.25. The summed E-state index contributed by atoms with van der Waals surface area (Å²) < 4.78 is 0. The molecule has 0 aliphatic carbocycles. The van der Waals surface area contributed by atoms with E-state index in [0.29, 0.717) is 6.04 Å². The maximum absolute atomic E-state index is 3.21. The van der Waals surface area contributed by atoms with E-state index < -0.39 is 0 Å². The van der Waals surface area contributed by atoms with Gasteiger partial charge in [-0.05, 0) is 63.3 Å². The molecule has 0 fully saturated rings. The van der Waals surface area contributed by atoms with Crippen LogP contribution in [-0.4, -0.2) is 31.6 Å². The van der Waals surface area contributed by atoms with Gasteiger partial charge < -0.3 is 5.32 Å². The fourth-order valence-corrected chi connectivity index (χ4v) is 3.62. The van der Waals surface area contributed by atoms with Crippen LogP contribution in [0.3, 0.4) is 0 Å². The first-order valence-electron chi connectivity index (χ1n) is 6.78. The summed E-state index contributed by atoms with van der Waals surface area (Å²) >= 11 is 1.93. The Bertz CT molecular complexity index is 335. The minimum absolute atomic E-state index is 0.634. The van der Waals surface area contributed by atoms with Crippen molar-refractivity contribution in [1.82, 2.24) is 10.2 Å². The van der Waals surface area contributed by atoms with Crippen molar-refractivity contribution in [1.29, 1.82) is 0 Å². The fourth-order valence-electron chi connectivity index (χ4n) is 2.66. The second kappa shape index (κ2) is 6.53. The van der Waals surface area contributed by atoms with Crippen molar-refractivity contribution in [3.05, 3.63) is 21.9 Å². The van der Waals surface area contributed by atoms with Crippen LogP contribution in [0.15, 0.2) is 11.4 Å². The number of hydrogen-bond acceptors (Lipinski definition) is 3. The lowest BCUT2D eigenvalue weighted by Gasteiger charge is -2.33. The molecule has 0 bridgehead atoms. The summed E-state index contributed by atoms with van der Waals surface area (Å²) in [6.45, 7) is 6.03. The predicted molar refractivity (Wildman–Crippen MR) is 75.8 cm³/mol. The number of nitrogens with one attached hydrogen (secondary N) is 1. The zero-order valence-electron chi connectivity index (χ0n) is 11.0. The van der Waals surface area contributed by atoms with Gasteiger partial charge in [-0.25, -0.2) is 0 Å². The van der Waals surface area contributed by atoms with Gasteiger partial charge in [-0.3, -0.25) is 4.90 Å². The van der Waals surface area contributed by atoms with Crippen molar-refractivity contribution in [2.24, 2.45) is 0 Å². The smallest absolute Gasteiger partial charge is 0.0331 e. The molecule has 0 aromatic carbocycles. The van der Waals surface area contributed by atoms with Gasteiger partial charge in [0.15, 0.2) is 0 Å². The van der Waals surface area contributed by atoms with E-state index in [4.69, 9.17) is 0 Å². The van der Waals surface area contributed by atoms with E-state index in [2.05, 4.69) is 28.6 Å². The maximum Gasteiger partial charge on any atom is 0.0331 e. The highest BCUT2D eigenvalue weighted by molar-refractivity contribution is 7.10. The third kappa shape index (κ3) is 3.30. The summed E-state index contributed by atoms with van der Waals surface area (Å²) in [5, 5.41) is 5.46. The van der Waals surface area contributed by atoms with E-state index in [0.717, 1.165) is 6.54 Å². The number of fused-ring (bicyclic) bond motifs is 1. The van der Waals surface area contributed by atoms with Gasteiger partial charge in [0.05, 0.1) is 0 Å². The molecule has 1 aromatic heterocycles. The van der Waals surface area contributed by atoms with Gasteiger partial charge in [0, 0.05) is 17.5 Å². The van der Waals surface area contributed by atoms with E-state index in [1.807, 2.05) is 18.4 Å². The van der Waals surface area contributed by atoms with E-state index in [9.17, 15) is 0 Å². The average Bonchev–Trinajstić information content (AvgIpc) is 2.80. The highest BCUT2D eigenvalue weighted by Gasteiger charge is 2.23. The molecule has 0 amide bonds. The van der Waals surface area contributed by atoms with E-state index in [1.54, 1.807) is 10.4 Å². The Morgan fingerprint density at radius 3 is 3.12 bits per heavy atom. The number of hydrogen-bond donors (Lipinski definition) is 1. The SMILES string of the molecule is CNCCCCCN1CCc2sccc2C1C. The zero-order valence-corrected chi connectivity index (χ0v) is 11.9. The molecule has 1 aliphatic heterocycles. The molecule has 2 rings (SSSR count). The summed E-state index contributed by atoms with van der Waals surface area (Å²) in [4.78, 5) is 4.26. The normalized spacial score (nSPS) is 20.5. The van der Waals surface area contributed by atoms with Gasteiger partial charge in [-0.15, -0.1) is 11.3 Å². The van der Waals surface area contributed by atoms with Gasteiger partial charge in [-0.2, -0.15) is 0 Å². The van der Waals surface area contributed by atoms with Crippen LogP contribution in [0, 0.1) is 0 Å². The van der Waals surface area contributed by atoms with Gasteiger partial charge in [-0.1, -0.05) is 6.42 Å². The molecule has 0 saturated carbocycles. The van der Waals surface area contributed by atoms with Crippen molar-refractivity contribution < 1.29 is 0 Å². The van der Waals surface area contributed by atoms with Crippen molar-refractivity contribution in [3.63, 3.8) is 0 Å². The first-order chi connectivity index (χ1) is 8.33. The lowest BCUT2D eigenvalue weighted by atomic mass is 10.0. The molecule has 2 heterocycles. The van der Waals surface area contributed by atoms with Gasteiger partial charge in [0.2, 0.25) is 0 Å². The molecule has 96 valence electrons. The monoisotopic (exact) mass is 252 g/mol. The Labute approximate surface area is 109 Å². The van der Waals surface area contributed by atoms with Crippen molar-refractivity contribution in [3.8, 4) is 0 Å². The van der Waals surface area contributed by atoms with E-state index in [1.165, 1.54) is 38.8 Å². The lowest BCUT2D eigenvalue weighted by Crippen LogP contribution is -2.33. The third-order valence-electron chi connectivity index (χ3n) is 3.78. The minimum atomic E-state index is 0.634. The van der Waals surface area contributed by atoms with Crippen LogP contribution in [-0.2, 0) is 6.42 Å². The second-order valence-corrected chi connectivity index (χ2v) is 5.93. The first kappa shape index (κ1) is 13.1. The van der Waals surface area contributed by atoms with Crippen LogP contribution in [0.5, 0.6) is 0 Å². The Morgan fingerprint density at radius 1 is 1.41 bits per heavy atom. The van der Waals surface area contributed by atoms with Crippen LogP contribution in [0.2, 0.25) is 0 Å². The Kier molecular flexibility index (Phi) is 5.01. The number of unbranched alkanes of at least 4 members (excludes halogenated alkanes) is 2. The quantitative estimate of drug-likeness (QED) is 0.783. The molecule has 1 atom stereocenters. The van der Waals surface area contributed by atoms with Gasteiger partial charge in [0.1, 0.15) is 0 Å². The van der Waals surface area contributed by atoms with Crippen molar-refractivity contribution in [2.75, 3.05) is 26.7 Å². The van der Waals surface area contributed by atoms with E-state index >= 15 is 0 Å². The molecule has 3 heteroatoms. The molecule has 2 nitrogen and oxygen atoms in total. The van der Waals surface area contributed by atoms with Crippen LogP contribution >= 0.6 is 11.3 Å². The fraction of sp³-hybridized carbons (Fsp3) is 0.714. The van der Waals surface area contributed by atoms with Crippen LogP contribution in [0.1, 0.15) is 42.7 Å². The molecule has 0 radical (unpaired) electrons. The van der Waals surface area contributed by atoms with Crippen LogP contribution < -0.4 is 5.32 Å². The van der Waals surface area contributed by atoms with Gasteiger partial charge in [0.25, 0.3) is 0 Å². The number of rotatable bonds is 6. The summed E-state index contributed by atoms with van der Waals surface area (Å²) in [5.74, 6) is 0. The van der Waals surface area contributed by atoms with Crippen molar-refractivity contribution >= 4 is 11.3 Å². The van der Waals surface area contributed by atoms with Crippen molar-refractivity contribution in [2.45, 2.75) is 38.6 Å². The highest BCUT2D eigenvalue weighted by atomic mass is 32.1. The summed E-state index contributed by atoms with van der Waals surface area (Å²) in [5.41, 5.74) is 1.58. The Hall–Kier alpha value is -0.380. The third-order valence-corrected chi connectivity index (χ3v) is 4.77. The molecule has 17 heavy (non-hydrogen) atoms. The molecule has 1 aromatic rings. The number of thiophene rings is 1. The first-order valence-corrected chi connectivity index (χ1v) is 7.66. The second-order valence-electron chi connectivity index (χ2n) is 4.93. The Balaban J connectivity index is 1.76. The van der Waals surface area contributed by atoms with Crippen LogP contribution in [0.4, 0.5) is 0 Å². The van der Waals surface area contributed by atoms with Gasteiger partial charge >= 0.3 is 0 Å². The van der Waals surface area contributed by atoms with Crippen LogP contribution in [0.25, 0.3) is 0 Å². The number of nitrogens with zero attached hydrogens (tertiary/aromatic N) is 1. The molecule has 1 aliphatic rings. The summed E-state index contributed by atoms with van der Waals surface area (Å²) in [6, 6.07) is 2.95. The highest BCUT2D eigenvalue weighted by Crippen LogP contribution is 2.32. The standard InChI is InChI=1S/C14H24N2S/c1-12-13-7-11-17-14(13)6-10-16(12)9-5-3-4-8-15-2/h7,11-12,15H,3-6,8-10H2,1-2H3.